The van der Waals surface area contributed by atoms with Crippen molar-refractivity contribution in [3.05, 3.63) is 64.7 Å². The maximum atomic E-state index is 12.6. The molecule has 0 fully saturated rings. The number of carbonyl (C=O) groups is 3. The van der Waals surface area contributed by atoms with Crippen LogP contribution in [0.1, 0.15) is 47.4 Å². The lowest BCUT2D eigenvalue weighted by molar-refractivity contribution is -0.121. The molecule has 0 N–H and O–H groups in total. The molecule has 3 rings (SSSR count). The van der Waals surface area contributed by atoms with Crippen molar-refractivity contribution in [2.24, 2.45) is 5.92 Å². The first-order chi connectivity index (χ1) is 13.4. The molecule has 0 saturated carbocycles. The average Bonchev–Trinajstić information content (AvgIpc) is 2.93. The van der Waals surface area contributed by atoms with Crippen molar-refractivity contribution in [2.45, 2.75) is 26.7 Å². The molecular formula is C22H23ClN2O3. The van der Waals surface area contributed by atoms with E-state index in [-0.39, 0.29) is 23.6 Å². The van der Waals surface area contributed by atoms with E-state index in [0.29, 0.717) is 42.1 Å². The van der Waals surface area contributed by atoms with E-state index < -0.39 is 0 Å². The van der Waals surface area contributed by atoms with E-state index in [1.165, 1.54) is 4.90 Å². The predicted molar refractivity (Wildman–Crippen MR) is 110 cm³/mol. The molecule has 0 unspecified atom stereocenters. The Labute approximate surface area is 169 Å². The molecule has 2 aromatic rings. The van der Waals surface area contributed by atoms with Crippen LogP contribution in [0.15, 0.2) is 48.5 Å². The van der Waals surface area contributed by atoms with Gasteiger partial charge in [-0.2, -0.15) is 0 Å². The van der Waals surface area contributed by atoms with Crippen LogP contribution in [0.3, 0.4) is 0 Å². The standard InChI is InChI=1S/C22H23ClN2O3/c1-15(2)20(26)24(17-11-9-16(23)10-12-17)13-5-6-14-25-21(27)18-7-3-4-8-19(18)22(25)28/h3-4,7-12,15H,5-6,13-14H2,1-2H3. The zero-order valence-corrected chi connectivity index (χ0v) is 16.8. The fourth-order valence-corrected chi connectivity index (χ4v) is 3.41. The number of benzene rings is 2. The van der Waals surface area contributed by atoms with Gasteiger partial charge in [-0.15, -0.1) is 0 Å². The van der Waals surface area contributed by atoms with Gasteiger partial charge in [-0.25, -0.2) is 0 Å². The molecular weight excluding hydrogens is 376 g/mol. The van der Waals surface area contributed by atoms with Gasteiger partial charge in [0.1, 0.15) is 0 Å². The Balaban J connectivity index is 1.61. The van der Waals surface area contributed by atoms with Gasteiger partial charge in [-0.05, 0) is 49.2 Å². The minimum absolute atomic E-state index is 0.0306. The number of hydrogen-bond donors (Lipinski definition) is 0. The Kier molecular flexibility index (Phi) is 6.15. The van der Waals surface area contributed by atoms with Gasteiger partial charge in [0.05, 0.1) is 11.1 Å². The first-order valence-corrected chi connectivity index (χ1v) is 9.80. The molecule has 0 radical (unpaired) electrons. The van der Waals surface area contributed by atoms with Crippen LogP contribution in [0, 0.1) is 5.92 Å². The van der Waals surface area contributed by atoms with Crippen LogP contribution in [0.25, 0.3) is 0 Å². The molecule has 3 amide bonds. The summed E-state index contributed by atoms with van der Waals surface area (Å²) in [7, 11) is 0. The van der Waals surface area contributed by atoms with Gasteiger partial charge in [-0.3, -0.25) is 19.3 Å². The second-order valence-corrected chi connectivity index (χ2v) is 7.57. The number of unbranched alkanes of at least 4 members (excludes halogenated alkanes) is 1. The third-order valence-electron chi connectivity index (χ3n) is 4.79. The van der Waals surface area contributed by atoms with Crippen LogP contribution in [0.4, 0.5) is 5.69 Å². The number of anilines is 1. The molecule has 0 atom stereocenters. The average molecular weight is 399 g/mol. The molecule has 1 aliphatic heterocycles. The normalized spacial score (nSPS) is 13.2. The summed E-state index contributed by atoms with van der Waals surface area (Å²) in [5.74, 6) is -0.586. The van der Waals surface area contributed by atoms with Gasteiger partial charge in [0.25, 0.3) is 11.8 Å². The highest BCUT2D eigenvalue weighted by molar-refractivity contribution is 6.30. The van der Waals surface area contributed by atoms with Crippen LogP contribution < -0.4 is 4.90 Å². The predicted octanol–water partition coefficient (Wildman–Crippen LogP) is 4.41. The number of halogens is 1. The number of rotatable bonds is 7. The Bertz CT molecular complexity index is 858. The lowest BCUT2D eigenvalue weighted by atomic mass is 10.1. The van der Waals surface area contributed by atoms with Crippen LogP contribution in [-0.4, -0.2) is 35.7 Å². The molecule has 0 bridgehead atoms. The quantitative estimate of drug-likeness (QED) is 0.513. The van der Waals surface area contributed by atoms with Crippen molar-refractivity contribution >= 4 is 35.0 Å². The summed E-state index contributed by atoms with van der Waals surface area (Å²) in [6.45, 7) is 4.59. The summed E-state index contributed by atoms with van der Waals surface area (Å²) in [6.07, 6.45) is 1.30. The van der Waals surface area contributed by atoms with E-state index in [9.17, 15) is 14.4 Å². The number of amides is 3. The highest BCUT2D eigenvalue weighted by atomic mass is 35.5. The number of hydrogen-bond acceptors (Lipinski definition) is 3. The van der Waals surface area contributed by atoms with Gasteiger partial charge in [0.2, 0.25) is 5.91 Å². The van der Waals surface area contributed by atoms with E-state index in [0.717, 1.165) is 5.69 Å². The number of fused-ring (bicyclic) bond motifs is 1. The maximum Gasteiger partial charge on any atom is 0.261 e. The highest BCUT2D eigenvalue weighted by Gasteiger charge is 2.34. The largest absolute Gasteiger partial charge is 0.312 e. The van der Waals surface area contributed by atoms with Gasteiger partial charge < -0.3 is 4.90 Å². The Morgan fingerprint density at radius 3 is 2.07 bits per heavy atom. The van der Waals surface area contributed by atoms with Crippen molar-refractivity contribution in [3.63, 3.8) is 0 Å². The van der Waals surface area contributed by atoms with Crippen LogP contribution in [0.5, 0.6) is 0 Å². The number of carbonyl (C=O) groups excluding carboxylic acids is 3. The van der Waals surface area contributed by atoms with Crippen molar-refractivity contribution in [3.8, 4) is 0 Å². The number of imide groups is 1. The number of nitrogens with zero attached hydrogens (tertiary/aromatic N) is 2. The molecule has 5 nitrogen and oxygen atoms in total. The molecule has 28 heavy (non-hydrogen) atoms. The monoisotopic (exact) mass is 398 g/mol. The highest BCUT2D eigenvalue weighted by Crippen LogP contribution is 2.24. The zero-order chi connectivity index (χ0) is 20.3. The van der Waals surface area contributed by atoms with E-state index >= 15 is 0 Å². The molecule has 0 spiro atoms. The second kappa shape index (κ2) is 8.57. The SMILES string of the molecule is CC(C)C(=O)N(CCCCN1C(=O)c2ccccc2C1=O)c1ccc(Cl)cc1. The molecule has 1 aliphatic rings. The van der Waals surface area contributed by atoms with Gasteiger partial charge in [-0.1, -0.05) is 37.6 Å². The van der Waals surface area contributed by atoms with E-state index in [1.54, 1.807) is 41.3 Å². The second-order valence-electron chi connectivity index (χ2n) is 7.14. The van der Waals surface area contributed by atoms with Gasteiger partial charge in [0, 0.05) is 29.7 Å². The van der Waals surface area contributed by atoms with Crippen molar-refractivity contribution < 1.29 is 14.4 Å². The summed E-state index contributed by atoms with van der Waals surface area (Å²) in [4.78, 5) is 40.5. The lowest BCUT2D eigenvalue weighted by Crippen LogP contribution is -2.36. The van der Waals surface area contributed by atoms with Crippen molar-refractivity contribution in [1.82, 2.24) is 4.90 Å². The maximum absolute atomic E-state index is 12.6. The summed E-state index contributed by atoms with van der Waals surface area (Å²) in [5, 5.41) is 0.617. The topological polar surface area (TPSA) is 57.7 Å². The summed E-state index contributed by atoms with van der Waals surface area (Å²) in [5.41, 5.74) is 1.72. The lowest BCUT2D eigenvalue weighted by Gasteiger charge is -2.25. The van der Waals surface area contributed by atoms with Crippen molar-refractivity contribution in [1.29, 1.82) is 0 Å². The molecule has 146 valence electrons. The molecule has 0 saturated heterocycles. The van der Waals surface area contributed by atoms with E-state index in [4.69, 9.17) is 11.6 Å². The minimum atomic E-state index is -0.242. The molecule has 6 heteroatoms. The Morgan fingerprint density at radius 1 is 0.964 bits per heavy atom. The Morgan fingerprint density at radius 2 is 1.54 bits per heavy atom. The minimum Gasteiger partial charge on any atom is -0.312 e. The van der Waals surface area contributed by atoms with Crippen LogP contribution in [0.2, 0.25) is 5.02 Å². The molecule has 1 heterocycles. The zero-order valence-electron chi connectivity index (χ0n) is 16.0. The summed E-state index contributed by atoms with van der Waals surface area (Å²) >= 11 is 5.95. The van der Waals surface area contributed by atoms with Crippen LogP contribution >= 0.6 is 11.6 Å². The summed E-state index contributed by atoms with van der Waals surface area (Å²) in [6, 6.07) is 14.1. The smallest absolute Gasteiger partial charge is 0.261 e. The van der Waals surface area contributed by atoms with Gasteiger partial charge in [0.15, 0.2) is 0 Å². The van der Waals surface area contributed by atoms with E-state index in [2.05, 4.69) is 0 Å². The molecule has 0 aromatic heterocycles. The summed E-state index contributed by atoms with van der Waals surface area (Å²) < 4.78 is 0. The molecule has 0 aliphatic carbocycles. The Hall–Kier alpha value is -2.66. The van der Waals surface area contributed by atoms with Gasteiger partial charge >= 0.3 is 0 Å². The fourth-order valence-electron chi connectivity index (χ4n) is 3.28. The van der Waals surface area contributed by atoms with E-state index in [1.807, 2.05) is 26.0 Å². The third kappa shape index (κ3) is 4.09. The van der Waals surface area contributed by atoms with Crippen molar-refractivity contribution in [2.75, 3.05) is 18.0 Å². The third-order valence-corrected chi connectivity index (χ3v) is 5.04. The first-order valence-electron chi connectivity index (χ1n) is 9.42. The first kappa shape index (κ1) is 20.1. The molecule has 2 aromatic carbocycles. The fraction of sp³-hybridized carbons (Fsp3) is 0.318. The van der Waals surface area contributed by atoms with Crippen LogP contribution in [-0.2, 0) is 4.79 Å².